The third-order valence-electron chi connectivity index (χ3n) is 5.70. The summed E-state index contributed by atoms with van der Waals surface area (Å²) in [6.45, 7) is 0. The van der Waals surface area contributed by atoms with E-state index in [1.165, 1.54) is 0 Å². The van der Waals surface area contributed by atoms with Gasteiger partial charge < -0.3 is 9.47 Å². The predicted octanol–water partition coefficient (Wildman–Crippen LogP) is 4.79. The molecular formula is C30H18O6. The summed E-state index contributed by atoms with van der Waals surface area (Å²) >= 11 is 0. The van der Waals surface area contributed by atoms with Crippen molar-refractivity contribution in [1.29, 1.82) is 0 Å². The molecule has 0 aromatic heterocycles. The molecule has 6 heteroatoms. The molecule has 2 aliphatic heterocycles. The number of hydrogen-bond donors (Lipinski definition) is 0. The van der Waals surface area contributed by atoms with E-state index in [-0.39, 0.29) is 22.3 Å². The Kier molecular flexibility index (Phi) is 6.07. The number of carbonyl (C=O) groups excluding carboxylic acids is 4. The first-order valence-electron chi connectivity index (χ1n) is 11.1. The average molecular weight is 474 g/mol. The van der Waals surface area contributed by atoms with Crippen molar-refractivity contribution in [3.63, 3.8) is 0 Å². The smallest absolute Gasteiger partial charge is 0.347 e. The molecule has 2 heterocycles. The summed E-state index contributed by atoms with van der Waals surface area (Å²) in [4.78, 5) is 49.5. The van der Waals surface area contributed by atoms with Crippen LogP contribution in [0.5, 0.6) is 0 Å². The number of esters is 4. The van der Waals surface area contributed by atoms with Crippen LogP contribution in [0.1, 0.15) is 22.3 Å². The molecule has 0 amide bonds. The number of benzene rings is 3. The van der Waals surface area contributed by atoms with E-state index in [2.05, 4.69) is 0 Å². The van der Waals surface area contributed by atoms with Crippen LogP contribution in [0.3, 0.4) is 0 Å². The highest BCUT2D eigenvalue weighted by Gasteiger charge is 2.34. The van der Waals surface area contributed by atoms with Crippen LogP contribution < -0.4 is 0 Å². The molecule has 0 spiro atoms. The van der Waals surface area contributed by atoms with E-state index in [1.807, 2.05) is 60.7 Å². The standard InChI is InChI=1S/C30H18O6/c31-27-23(17-11-19-7-3-1-4-8-19)25(29(33)35-27)21-13-15-22(16-14-21)26-24(28(32)36-30(26)34)18-12-20-9-5-2-6-10-20/h1-18H/b17-11+,18-12+. The van der Waals surface area contributed by atoms with Crippen molar-refractivity contribution in [3.8, 4) is 0 Å². The lowest BCUT2D eigenvalue weighted by molar-refractivity contribution is -0.151. The van der Waals surface area contributed by atoms with Crippen LogP contribution in [-0.2, 0) is 28.7 Å². The first kappa shape index (κ1) is 22.7. The zero-order chi connectivity index (χ0) is 25.1. The number of rotatable bonds is 6. The van der Waals surface area contributed by atoms with Crippen LogP contribution in [0.4, 0.5) is 0 Å². The number of carbonyl (C=O) groups is 4. The van der Waals surface area contributed by atoms with E-state index in [0.29, 0.717) is 11.1 Å². The van der Waals surface area contributed by atoms with E-state index in [9.17, 15) is 19.2 Å². The van der Waals surface area contributed by atoms with Gasteiger partial charge in [0.25, 0.3) is 0 Å². The van der Waals surface area contributed by atoms with Gasteiger partial charge in [-0.05, 0) is 34.4 Å². The Balaban J connectivity index is 1.50. The van der Waals surface area contributed by atoms with E-state index in [0.717, 1.165) is 11.1 Å². The highest BCUT2D eigenvalue weighted by atomic mass is 16.6. The third kappa shape index (κ3) is 4.48. The average Bonchev–Trinajstić information content (AvgIpc) is 3.35. The molecule has 0 bridgehead atoms. The highest BCUT2D eigenvalue weighted by Crippen LogP contribution is 2.32. The van der Waals surface area contributed by atoms with Crippen LogP contribution in [0, 0.1) is 0 Å². The van der Waals surface area contributed by atoms with Crippen LogP contribution >= 0.6 is 0 Å². The quantitative estimate of drug-likeness (QED) is 0.377. The molecule has 3 aromatic rings. The van der Waals surface area contributed by atoms with Gasteiger partial charge in [0.05, 0.1) is 22.3 Å². The molecule has 6 nitrogen and oxygen atoms in total. The van der Waals surface area contributed by atoms with Crippen LogP contribution in [0.25, 0.3) is 23.3 Å². The lowest BCUT2D eigenvalue weighted by Gasteiger charge is -2.04. The van der Waals surface area contributed by atoms with Crippen molar-refractivity contribution in [1.82, 2.24) is 0 Å². The Hall–Kier alpha value is -5.10. The summed E-state index contributed by atoms with van der Waals surface area (Å²) < 4.78 is 9.68. The minimum Gasteiger partial charge on any atom is -0.386 e. The molecular weight excluding hydrogens is 456 g/mol. The van der Waals surface area contributed by atoms with Crippen molar-refractivity contribution < 1.29 is 28.7 Å². The van der Waals surface area contributed by atoms with Gasteiger partial charge >= 0.3 is 23.9 Å². The zero-order valence-corrected chi connectivity index (χ0v) is 18.8. The monoisotopic (exact) mass is 474 g/mol. The molecule has 0 saturated heterocycles. The molecule has 0 unspecified atom stereocenters. The normalized spacial score (nSPS) is 16.0. The van der Waals surface area contributed by atoms with Gasteiger partial charge in [0.2, 0.25) is 0 Å². The van der Waals surface area contributed by atoms with E-state index < -0.39 is 23.9 Å². The third-order valence-corrected chi connectivity index (χ3v) is 5.70. The van der Waals surface area contributed by atoms with Crippen molar-refractivity contribution >= 4 is 47.2 Å². The fourth-order valence-electron chi connectivity index (χ4n) is 3.94. The molecule has 174 valence electrons. The highest BCUT2D eigenvalue weighted by molar-refractivity contribution is 6.33. The van der Waals surface area contributed by atoms with Crippen molar-refractivity contribution in [2.75, 3.05) is 0 Å². The van der Waals surface area contributed by atoms with Crippen LogP contribution in [-0.4, -0.2) is 23.9 Å². The molecule has 36 heavy (non-hydrogen) atoms. The fraction of sp³-hybridized carbons (Fsp3) is 0. The molecule has 2 aliphatic rings. The maximum absolute atomic E-state index is 12.4. The minimum absolute atomic E-state index is 0.127. The summed E-state index contributed by atoms with van der Waals surface area (Å²) in [6.07, 6.45) is 6.54. The van der Waals surface area contributed by atoms with Gasteiger partial charge in [-0.25, -0.2) is 19.2 Å². The number of ether oxygens (including phenoxy) is 2. The zero-order valence-electron chi connectivity index (χ0n) is 18.8. The molecule has 0 aliphatic carbocycles. The maximum atomic E-state index is 12.4. The molecule has 0 N–H and O–H groups in total. The van der Waals surface area contributed by atoms with Crippen LogP contribution in [0.2, 0.25) is 0 Å². The summed E-state index contributed by atoms with van der Waals surface area (Å²) in [6, 6.07) is 25.1. The van der Waals surface area contributed by atoms with Gasteiger partial charge in [0.1, 0.15) is 0 Å². The molecule has 5 rings (SSSR count). The Morgan fingerprint density at radius 1 is 0.417 bits per heavy atom. The van der Waals surface area contributed by atoms with Gasteiger partial charge in [-0.1, -0.05) is 97.1 Å². The first-order valence-corrected chi connectivity index (χ1v) is 11.1. The van der Waals surface area contributed by atoms with Gasteiger partial charge in [-0.2, -0.15) is 0 Å². The predicted molar refractivity (Wildman–Crippen MR) is 133 cm³/mol. The fourth-order valence-corrected chi connectivity index (χ4v) is 3.94. The summed E-state index contributed by atoms with van der Waals surface area (Å²) in [5.74, 6) is -2.96. The Morgan fingerprint density at radius 2 is 0.778 bits per heavy atom. The van der Waals surface area contributed by atoms with Crippen LogP contribution in [0.15, 0.2) is 108 Å². The molecule has 0 saturated carbocycles. The van der Waals surface area contributed by atoms with Gasteiger partial charge in [-0.15, -0.1) is 0 Å². The van der Waals surface area contributed by atoms with Crippen molar-refractivity contribution in [2.45, 2.75) is 0 Å². The lowest BCUT2D eigenvalue weighted by Crippen LogP contribution is -2.02. The summed E-state index contributed by atoms with van der Waals surface area (Å²) in [5, 5.41) is 0. The van der Waals surface area contributed by atoms with Crippen molar-refractivity contribution in [3.05, 3.63) is 130 Å². The Bertz CT molecular complexity index is 1390. The lowest BCUT2D eigenvalue weighted by atomic mass is 9.96. The molecule has 0 atom stereocenters. The van der Waals surface area contributed by atoms with Gasteiger partial charge in [0, 0.05) is 0 Å². The maximum Gasteiger partial charge on any atom is 0.347 e. The summed E-state index contributed by atoms with van der Waals surface area (Å²) in [7, 11) is 0. The Morgan fingerprint density at radius 3 is 1.14 bits per heavy atom. The number of hydrogen-bond acceptors (Lipinski definition) is 6. The van der Waals surface area contributed by atoms with Gasteiger partial charge in [-0.3, -0.25) is 0 Å². The van der Waals surface area contributed by atoms with E-state index in [1.54, 1.807) is 48.6 Å². The van der Waals surface area contributed by atoms with Crippen molar-refractivity contribution in [2.24, 2.45) is 0 Å². The molecule has 0 radical (unpaired) electrons. The topological polar surface area (TPSA) is 86.7 Å². The SMILES string of the molecule is O=C1OC(=O)C(c2ccc(C3=C(/C=C/c4ccccc4)C(=O)OC3=O)cc2)=C1/C=C/c1ccccc1. The Labute approximate surface area is 206 Å². The largest absolute Gasteiger partial charge is 0.386 e. The second-order valence-electron chi connectivity index (χ2n) is 8.00. The molecule has 3 aromatic carbocycles. The summed E-state index contributed by atoms with van der Waals surface area (Å²) in [5.41, 5.74) is 3.14. The van der Waals surface area contributed by atoms with E-state index in [4.69, 9.17) is 9.47 Å². The minimum atomic E-state index is -0.749. The number of cyclic esters (lactones) is 4. The second kappa shape index (κ2) is 9.64. The molecule has 0 fully saturated rings. The second-order valence-corrected chi connectivity index (χ2v) is 8.00. The first-order chi connectivity index (χ1) is 17.5. The van der Waals surface area contributed by atoms with Gasteiger partial charge in [0.15, 0.2) is 0 Å². The van der Waals surface area contributed by atoms with E-state index >= 15 is 0 Å².